The van der Waals surface area contributed by atoms with E-state index in [-0.39, 0.29) is 27.9 Å². The molecule has 0 radical (unpaired) electrons. The van der Waals surface area contributed by atoms with E-state index in [0.29, 0.717) is 6.54 Å². The Labute approximate surface area is 135 Å². The van der Waals surface area contributed by atoms with Crippen molar-refractivity contribution in [3.05, 3.63) is 39.4 Å². The van der Waals surface area contributed by atoms with Gasteiger partial charge >= 0.3 is 0 Å². The van der Waals surface area contributed by atoms with Crippen molar-refractivity contribution in [2.75, 3.05) is 19.6 Å². The predicted molar refractivity (Wildman–Crippen MR) is 84.9 cm³/mol. The van der Waals surface area contributed by atoms with Gasteiger partial charge in [-0.2, -0.15) is 0 Å². The number of carbonyl (C=O) groups is 1. The number of amides is 1. The van der Waals surface area contributed by atoms with Gasteiger partial charge in [0.1, 0.15) is 0 Å². The number of nitro benzene ring substituents is 1. The Morgan fingerprint density at radius 3 is 2.83 bits per heavy atom. The van der Waals surface area contributed by atoms with Crippen molar-refractivity contribution in [1.82, 2.24) is 10.2 Å². The van der Waals surface area contributed by atoms with Crippen LogP contribution in [0.5, 0.6) is 0 Å². The summed E-state index contributed by atoms with van der Waals surface area (Å²) in [6.07, 6.45) is 4.00. The van der Waals surface area contributed by atoms with Crippen molar-refractivity contribution < 1.29 is 9.72 Å². The quantitative estimate of drug-likeness (QED) is 0.668. The summed E-state index contributed by atoms with van der Waals surface area (Å²) in [5.41, 5.74) is 2.41. The number of fused-ring (bicyclic) bond motifs is 1. The number of nitrogens with zero attached hydrogens (tertiary/aromatic N) is 2. The topological polar surface area (TPSA) is 75.5 Å². The molecular formula is C17H21N3O3. The van der Waals surface area contributed by atoms with Gasteiger partial charge in [0.05, 0.1) is 4.92 Å². The lowest BCUT2D eigenvalue weighted by atomic mass is 9.91. The zero-order valence-electron chi connectivity index (χ0n) is 13.1. The second kappa shape index (κ2) is 5.30. The number of hydrogen-bond donors (Lipinski definition) is 1. The largest absolute Gasteiger partial charge is 0.338 e. The van der Waals surface area contributed by atoms with E-state index in [4.69, 9.17) is 0 Å². The Morgan fingerprint density at radius 1 is 1.30 bits per heavy atom. The number of hydrogen-bond acceptors (Lipinski definition) is 4. The molecule has 0 bridgehead atoms. The number of nitrogens with one attached hydrogen (secondary N) is 1. The van der Waals surface area contributed by atoms with Crippen LogP contribution in [0.2, 0.25) is 0 Å². The molecule has 6 heteroatoms. The van der Waals surface area contributed by atoms with Crippen molar-refractivity contribution in [3.63, 3.8) is 0 Å². The number of nitro groups is 1. The summed E-state index contributed by atoms with van der Waals surface area (Å²) in [6, 6.07) is 5.02. The highest BCUT2D eigenvalue weighted by Gasteiger charge is 2.58. The van der Waals surface area contributed by atoms with Crippen LogP contribution in [0.4, 0.5) is 5.69 Å². The van der Waals surface area contributed by atoms with Crippen LogP contribution in [0, 0.1) is 21.4 Å². The summed E-state index contributed by atoms with van der Waals surface area (Å²) < 4.78 is 0. The summed E-state index contributed by atoms with van der Waals surface area (Å²) in [7, 11) is 0. The second-order valence-corrected chi connectivity index (χ2v) is 7.09. The molecule has 1 unspecified atom stereocenters. The molecule has 2 fully saturated rings. The van der Waals surface area contributed by atoms with E-state index in [1.165, 1.54) is 0 Å². The zero-order chi connectivity index (χ0) is 16.0. The lowest BCUT2D eigenvalue weighted by molar-refractivity contribution is -0.385. The number of non-ortho nitro benzene ring substituents is 1. The Bertz CT molecular complexity index is 667. The molecule has 1 amide bonds. The van der Waals surface area contributed by atoms with Crippen LogP contribution in [0.1, 0.15) is 30.4 Å². The molecule has 3 aliphatic rings. The first-order valence-corrected chi connectivity index (χ1v) is 8.35. The molecule has 1 aromatic rings. The monoisotopic (exact) mass is 315 g/mol. The molecule has 1 aliphatic carbocycles. The van der Waals surface area contributed by atoms with Crippen molar-refractivity contribution in [1.29, 1.82) is 0 Å². The van der Waals surface area contributed by atoms with E-state index in [1.54, 1.807) is 12.1 Å². The predicted octanol–water partition coefficient (Wildman–Crippen LogP) is 1.87. The first-order valence-electron chi connectivity index (χ1n) is 8.35. The Hall–Kier alpha value is -1.95. The molecule has 1 spiro atoms. The minimum atomic E-state index is -0.369. The van der Waals surface area contributed by atoms with Crippen molar-refractivity contribution >= 4 is 11.6 Å². The molecule has 1 atom stereocenters. The minimum absolute atomic E-state index is 0.110. The van der Waals surface area contributed by atoms with Crippen LogP contribution in [-0.4, -0.2) is 35.4 Å². The first-order chi connectivity index (χ1) is 11.1. The van der Waals surface area contributed by atoms with Crippen molar-refractivity contribution in [2.45, 2.75) is 32.2 Å². The smallest absolute Gasteiger partial charge is 0.269 e. The van der Waals surface area contributed by atoms with Crippen molar-refractivity contribution in [2.24, 2.45) is 11.3 Å². The van der Waals surface area contributed by atoms with Crippen LogP contribution in [-0.2, 0) is 17.8 Å². The van der Waals surface area contributed by atoms with Crippen LogP contribution in [0.3, 0.4) is 0 Å². The van der Waals surface area contributed by atoms with E-state index in [2.05, 4.69) is 5.32 Å². The lowest BCUT2D eigenvalue weighted by Gasteiger charge is -2.30. The minimum Gasteiger partial charge on any atom is -0.338 e. The number of benzene rings is 1. The van der Waals surface area contributed by atoms with Crippen LogP contribution in [0.15, 0.2) is 18.2 Å². The molecule has 2 heterocycles. The summed E-state index contributed by atoms with van der Waals surface area (Å²) in [4.78, 5) is 25.3. The van der Waals surface area contributed by atoms with E-state index in [0.717, 1.165) is 56.4 Å². The van der Waals surface area contributed by atoms with E-state index >= 15 is 0 Å². The van der Waals surface area contributed by atoms with Gasteiger partial charge in [0.15, 0.2) is 0 Å². The van der Waals surface area contributed by atoms with Gasteiger partial charge in [0, 0.05) is 31.1 Å². The molecule has 23 heavy (non-hydrogen) atoms. The number of piperidine rings is 1. The van der Waals surface area contributed by atoms with Crippen LogP contribution in [0.25, 0.3) is 0 Å². The van der Waals surface area contributed by atoms with Gasteiger partial charge in [0.25, 0.3) is 5.69 Å². The van der Waals surface area contributed by atoms with Gasteiger partial charge in [-0.1, -0.05) is 6.07 Å². The Morgan fingerprint density at radius 2 is 2.09 bits per heavy atom. The normalized spacial score (nSPS) is 25.0. The fourth-order valence-corrected chi connectivity index (χ4v) is 4.24. The summed E-state index contributed by atoms with van der Waals surface area (Å²) in [5, 5.41) is 14.3. The van der Waals surface area contributed by atoms with E-state index in [9.17, 15) is 14.9 Å². The molecule has 1 aromatic carbocycles. The molecule has 2 aliphatic heterocycles. The maximum Gasteiger partial charge on any atom is 0.269 e. The highest BCUT2D eigenvalue weighted by Crippen LogP contribution is 2.59. The molecule has 0 aromatic heterocycles. The fourth-order valence-electron chi connectivity index (χ4n) is 4.24. The van der Waals surface area contributed by atoms with Gasteiger partial charge in [-0.15, -0.1) is 0 Å². The Balaban J connectivity index is 1.48. The summed E-state index contributed by atoms with van der Waals surface area (Å²) in [5.74, 6) is 0.425. The van der Waals surface area contributed by atoms with Crippen molar-refractivity contribution in [3.8, 4) is 0 Å². The summed E-state index contributed by atoms with van der Waals surface area (Å²) in [6.45, 7) is 3.27. The standard InChI is InChI=1S/C17H21N3O3/c21-16(15-10-17(15)4-6-18-7-5-17)19-8-3-12-1-2-14(20(22)23)9-13(12)11-19/h1-2,9,15,18H,3-8,10-11H2. The highest BCUT2D eigenvalue weighted by atomic mass is 16.6. The number of carbonyl (C=O) groups excluding carboxylic acids is 1. The third-order valence-corrected chi connectivity index (χ3v) is 5.81. The maximum absolute atomic E-state index is 12.8. The molecule has 1 N–H and O–H groups in total. The molecular weight excluding hydrogens is 294 g/mol. The fraction of sp³-hybridized carbons (Fsp3) is 0.588. The van der Waals surface area contributed by atoms with E-state index < -0.39 is 0 Å². The SMILES string of the molecule is O=C(C1CC12CCNCC2)N1CCc2ccc([N+](=O)[O-])cc2C1. The third kappa shape index (κ3) is 2.51. The van der Waals surface area contributed by atoms with Crippen LogP contribution >= 0.6 is 0 Å². The lowest BCUT2D eigenvalue weighted by Crippen LogP contribution is -2.39. The average Bonchev–Trinajstić information content (AvgIpc) is 3.26. The first kappa shape index (κ1) is 14.6. The number of rotatable bonds is 2. The van der Waals surface area contributed by atoms with Gasteiger partial charge in [-0.3, -0.25) is 14.9 Å². The Kier molecular flexibility index (Phi) is 3.37. The molecule has 1 saturated carbocycles. The van der Waals surface area contributed by atoms with Crippen LogP contribution < -0.4 is 5.32 Å². The molecule has 4 rings (SSSR count). The second-order valence-electron chi connectivity index (χ2n) is 7.09. The van der Waals surface area contributed by atoms with Gasteiger partial charge in [-0.05, 0) is 55.3 Å². The van der Waals surface area contributed by atoms with Gasteiger partial charge in [0.2, 0.25) is 5.91 Å². The van der Waals surface area contributed by atoms with Gasteiger partial charge in [-0.25, -0.2) is 0 Å². The zero-order valence-corrected chi connectivity index (χ0v) is 13.1. The molecule has 122 valence electrons. The molecule has 6 nitrogen and oxygen atoms in total. The van der Waals surface area contributed by atoms with Gasteiger partial charge < -0.3 is 10.2 Å². The third-order valence-electron chi connectivity index (χ3n) is 5.81. The maximum atomic E-state index is 12.8. The average molecular weight is 315 g/mol. The van der Waals surface area contributed by atoms with E-state index in [1.807, 2.05) is 11.0 Å². The summed E-state index contributed by atoms with van der Waals surface area (Å²) >= 11 is 0. The highest BCUT2D eigenvalue weighted by molar-refractivity contribution is 5.83. The molecule has 1 saturated heterocycles.